The summed E-state index contributed by atoms with van der Waals surface area (Å²) in [6.45, 7) is 4.65. The number of hydrogen-bond donors (Lipinski definition) is 2. The molecule has 0 aliphatic carbocycles. The van der Waals surface area contributed by atoms with Crippen LogP contribution in [0.4, 0.5) is 0 Å². The molecular weight excluding hydrogens is 412 g/mol. The van der Waals surface area contributed by atoms with E-state index >= 15 is 0 Å². The molecule has 2 aliphatic heterocycles. The zero-order valence-electron chi connectivity index (χ0n) is 18.4. The van der Waals surface area contributed by atoms with Crippen molar-refractivity contribution in [3.8, 4) is 11.4 Å². The molecule has 2 aliphatic rings. The highest BCUT2D eigenvalue weighted by atomic mass is 16.5. The summed E-state index contributed by atoms with van der Waals surface area (Å²) in [5, 5.41) is 9.88. The number of H-pyrrole nitrogens is 2. The number of ether oxygens (including phenoxy) is 1. The molecule has 0 atom stereocenters. The Morgan fingerprint density at radius 1 is 1.09 bits per heavy atom. The van der Waals surface area contributed by atoms with E-state index in [0.717, 1.165) is 56.8 Å². The van der Waals surface area contributed by atoms with E-state index in [1.54, 1.807) is 6.20 Å². The molecule has 0 radical (unpaired) electrons. The van der Waals surface area contributed by atoms with Crippen LogP contribution >= 0.6 is 0 Å². The summed E-state index contributed by atoms with van der Waals surface area (Å²) in [7, 11) is 0. The third-order valence-electron chi connectivity index (χ3n) is 6.35. The van der Waals surface area contributed by atoms with Gasteiger partial charge < -0.3 is 9.72 Å². The van der Waals surface area contributed by atoms with Crippen LogP contribution in [-0.2, 0) is 4.74 Å². The lowest BCUT2D eigenvalue weighted by molar-refractivity contribution is 0.185. The number of rotatable bonds is 6. The highest BCUT2D eigenvalue weighted by molar-refractivity contribution is 5.97. The number of allylic oxidation sites excluding steroid dienone is 3. The highest BCUT2D eigenvalue weighted by Gasteiger charge is 2.14. The fourth-order valence-electron chi connectivity index (χ4n) is 4.61. The standard InChI is InChI=1S/C26H26N6O/c1-2-11-32(10-1)12-13-33-21-14-19(7-9-27-17-21)18-5-6-23-22(15-18)25(31-30-23)24-16-20-4-3-8-28-26(20)29-24/h3-8,14-17H,1-2,9-13H2,(H,28,29)(H,30,31). The lowest BCUT2D eigenvalue weighted by Gasteiger charge is -2.15. The summed E-state index contributed by atoms with van der Waals surface area (Å²) < 4.78 is 6.07. The second-order valence-corrected chi connectivity index (χ2v) is 8.55. The molecule has 0 unspecified atom stereocenters. The number of aromatic nitrogens is 4. The maximum absolute atomic E-state index is 6.07. The molecule has 0 saturated carbocycles. The maximum atomic E-state index is 6.07. The molecule has 6 rings (SSSR count). The van der Waals surface area contributed by atoms with Gasteiger partial charge in [0.25, 0.3) is 0 Å². The Kier molecular flexibility index (Phi) is 5.24. The van der Waals surface area contributed by atoms with E-state index in [9.17, 15) is 0 Å². The van der Waals surface area contributed by atoms with Crippen molar-refractivity contribution in [3.63, 3.8) is 0 Å². The van der Waals surface area contributed by atoms with Gasteiger partial charge in [-0.3, -0.25) is 15.0 Å². The van der Waals surface area contributed by atoms with Crippen LogP contribution in [0.2, 0.25) is 0 Å². The molecule has 1 aromatic carbocycles. The largest absolute Gasteiger partial charge is 0.491 e. The topological polar surface area (TPSA) is 82.2 Å². The summed E-state index contributed by atoms with van der Waals surface area (Å²) in [5.41, 5.74) is 5.92. The van der Waals surface area contributed by atoms with Crippen LogP contribution in [0.15, 0.2) is 65.5 Å². The summed E-state index contributed by atoms with van der Waals surface area (Å²) >= 11 is 0. The van der Waals surface area contributed by atoms with Gasteiger partial charge >= 0.3 is 0 Å². The van der Waals surface area contributed by atoms with Gasteiger partial charge in [0.05, 0.1) is 24.0 Å². The number of pyridine rings is 1. The van der Waals surface area contributed by atoms with Crippen molar-refractivity contribution in [2.24, 2.45) is 4.99 Å². The molecule has 2 N–H and O–H groups in total. The van der Waals surface area contributed by atoms with Gasteiger partial charge in [0.2, 0.25) is 0 Å². The number of nitrogens with one attached hydrogen (secondary N) is 2. The lowest BCUT2D eigenvalue weighted by atomic mass is 10.0. The number of aromatic amines is 2. The van der Waals surface area contributed by atoms with Crippen molar-refractivity contribution >= 4 is 33.7 Å². The van der Waals surface area contributed by atoms with Crippen LogP contribution in [0.5, 0.6) is 0 Å². The third-order valence-corrected chi connectivity index (χ3v) is 6.35. The fourth-order valence-corrected chi connectivity index (χ4v) is 4.61. The molecule has 3 aromatic heterocycles. The average Bonchev–Trinajstić information content (AvgIpc) is 3.56. The Labute approximate surface area is 191 Å². The molecule has 0 bridgehead atoms. The Hall–Kier alpha value is -3.71. The van der Waals surface area contributed by atoms with Gasteiger partial charge in [0.1, 0.15) is 23.7 Å². The third kappa shape index (κ3) is 4.07. The molecule has 33 heavy (non-hydrogen) atoms. The number of fused-ring (bicyclic) bond motifs is 2. The quantitative estimate of drug-likeness (QED) is 0.462. The predicted octanol–water partition coefficient (Wildman–Crippen LogP) is 4.57. The van der Waals surface area contributed by atoms with Gasteiger partial charge in [0, 0.05) is 23.5 Å². The van der Waals surface area contributed by atoms with E-state index in [4.69, 9.17) is 4.74 Å². The molecule has 5 heterocycles. The number of hydrogen-bond acceptors (Lipinski definition) is 5. The van der Waals surface area contributed by atoms with Crippen LogP contribution in [-0.4, -0.2) is 64.1 Å². The zero-order chi connectivity index (χ0) is 22.0. The van der Waals surface area contributed by atoms with Crippen LogP contribution in [0, 0.1) is 0 Å². The summed E-state index contributed by atoms with van der Waals surface area (Å²) in [6.07, 6.45) is 10.5. The van der Waals surface area contributed by atoms with Gasteiger partial charge in [-0.15, -0.1) is 0 Å². The van der Waals surface area contributed by atoms with Gasteiger partial charge in [0.15, 0.2) is 0 Å². The molecule has 0 spiro atoms. The zero-order valence-corrected chi connectivity index (χ0v) is 18.4. The first-order valence-electron chi connectivity index (χ1n) is 11.5. The van der Waals surface area contributed by atoms with Gasteiger partial charge in [-0.05, 0) is 73.5 Å². The van der Waals surface area contributed by atoms with Crippen LogP contribution in [0.3, 0.4) is 0 Å². The summed E-state index contributed by atoms with van der Waals surface area (Å²) in [6, 6.07) is 12.5. The van der Waals surface area contributed by atoms with E-state index in [-0.39, 0.29) is 0 Å². The molecule has 166 valence electrons. The van der Waals surface area contributed by atoms with Crippen molar-refractivity contribution < 1.29 is 4.74 Å². The minimum Gasteiger partial charge on any atom is -0.491 e. The van der Waals surface area contributed by atoms with Crippen molar-refractivity contribution in [1.29, 1.82) is 0 Å². The molecule has 1 saturated heterocycles. The van der Waals surface area contributed by atoms with Gasteiger partial charge in [-0.1, -0.05) is 12.1 Å². The minimum atomic E-state index is 0.634. The van der Waals surface area contributed by atoms with Crippen LogP contribution in [0.1, 0.15) is 18.4 Å². The first-order chi connectivity index (χ1) is 16.3. The molecule has 0 amide bonds. The second kappa shape index (κ2) is 8.67. The Morgan fingerprint density at radius 3 is 2.94 bits per heavy atom. The maximum Gasteiger partial charge on any atom is 0.137 e. The first kappa shape index (κ1) is 19.9. The average molecular weight is 439 g/mol. The number of aliphatic imine (C=N–C) groups is 1. The first-order valence-corrected chi connectivity index (χ1v) is 11.5. The molecule has 1 fully saturated rings. The van der Waals surface area contributed by atoms with Crippen molar-refractivity contribution in [1.82, 2.24) is 25.1 Å². The summed E-state index contributed by atoms with van der Waals surface area (Å²) in [5.74, 6) is 0.812. The Balaban J connectivity index is 1.28. The van der Waals surface area contributed by atoms with Crippen LogP contribution < -0.4 is 0 Å². The van der Waals surface area contributed by atoms with Crippen LogP contribution in [0.25, 0.3) is 38.9 Å². The number of benzene rings is 1. The monoisotopic (exact) mass is 438 g/mol. The second-order valence-electron chi connectivity index (χ2n) is 8.55. The molecule has 4 aromatic rings. The molecule has 7 nitrogen and oxygen atoms in total. The van der Waals surface area contributed by atoms with Crippen molar-refractivity contribution in [2.45, 2.75) is 12.8 Å². The predicted molar refractivity (Wildman–Crippen MR) is 132 cm³/mol. The Morgan fingerprint density at radius 2 is 2.03 bits per heavy atom. The van der Waals surface area contributed by atoms with E-state index in [0.29, 0.717) is 13.2 Å². The lowest BCUT2D eigenvalue weighted by Crippen LogP contribution is -2.24. The highest BCUT2D eigenvalue weighted by Crippen LogP contribution is 2.31. The van der Waals surface area contributed by atoms with E-state index < -0.39 is 0 Å². The van der Waals surface area contributed by atoms with Crippen molar-refractivity contribution in [2.75, 3.05) is 32.8 Å². The summed E-state index contributed by atoms with van der Waals surface area (Å²) in [4.78, 5) is 14.7. The smallest absolute Gasteiger partial charge is 0.137 e. The van der Waals surface area contributed by atoms with E-state index in [1.807, 2.05) is 12.3 Å². The number of nitrogens with zero attached hydrogens (tertiary/aromatic N) is 4. The SMILES string of the molecule is C1=NCC=C(c2ccc3[nH]nc(-c4cc5cccnc5[nH]4)c3c2)C=C1OCCN1CCCC1. The van der Waals surface area contributed by atoms with Gasteiger partial charge in [-0.25, -0.2) is 4.98 Å². The Bertz CT molecular complexity index is 1350. The van der Waals surface area contributed by atoms with E-state index in [2.05, 4.69) is 72.5 Å². The van der Waals surface area contributed by atoms with E-state index in [1.165, 1.54) is 25.9 Å². The minimum absolute atomic E-state index is 0.634. The number of likely N-dealkylation sites (tertiary alicyclic amines) is 1. The normalized spacial score (nSPS) is 16.8. The van der Waals surface area contributed by atoms with Crippen molar-refractivity contribution in [3.05, 3.63) is 66.1 Å². The fraction of sp³-hybridized carbons (Fsp3) is 0.269. The molecule has 7 heteroatoms. The van der Waals surface area contributed by atoms with Gasteiger partial charge in [-0.2, -0.15) is 5.10 Å². The molecular formula is C26H26N6O.